The second-order valence-corrected chi connectivity index (χ2v) is 4.85. The van der Waals surface area contributed by atoms with E-state index in [1.165, 1.54) is 12.1 Å². The van der Waals surface area contributed by atoms with E-state index in [-0.39, 0.29) is 11.2 Å². The fourth-order valence-electron chi connectivity index (χ4n) is 1.74. The summed E-state index contributed by atoms with van der Waals surface area (Å²) in [6, 6.07) is 12.1. The van der Waals surface area contributed by atoms with Crippen LogP contribution in [0.4, 0.5) is 4.39 Å². The molecule has 88 valence electrons. The fourth-order valence-corrected chi connectivity index (χ4v) is 2.13. The molecule has 2 aromatic rings. The number of benzene rings is 2. The molecule has 0 amide bonds. The van der Waals surface area contributed by atoms with E-state index in [1.54, 1.807) is 12.1 Å². The van der Waals surface area contributed by atoms with E-state index in [0.29, 0.717) is 5.02 Å². The highest BCUT2D eigenvalue weighted by atomic mass is 35.5. The highest BCUT2D eigenvalue weighted by Crippen LogP contribution is 2.30. The molecule has 0 aromatic heterocycles. The van der Waals surface area contributed by atoms with Gasteiger partial charge in [-0.25, -0.2) is 4.39 Å². The first-order valence-electron chi connectivity index (χ1n) is 5.23. The third-order valence-electron chi connectivity index (χ3n) is 2.52. The lowest BCUT2D eigenvalue weighted by molar-refractivity contribution is 0.624. The second-order valence-electron chi connectivity index (χ2n) is 3.98. The first-order chi connectivity index (χ1) is 8.06. The first-order valence-corrected chi connectivity index (χ1v) is 6.04. The van der Waals surface area contributed by atoms with E-state index in [4.69, 9.17) is 23.2 Å². The van der Waals surface area contributed by atoms with Crippen LogP contribution in [-0.4, -0.2) is 0 Å². The molecule has 2 aromatic carbocycles. The molecule has 1 atom stereocenters. The van der Waals surface area contributed by atoms with Crippen molar-refractivity contribution < 1.29 is 4.39 Å². The average molecular weight is 269 g/mol. The quantitative estimate of drug-likeness (QED) is 0.664. The molecule has 0 fully saturated rings. The van der Waals surface area contributed by atoms with Crippen molar-refractivity contribution in [3.05, 3.63) is 70.0 Å². The van der Waals surface area contributed by atoms with Gasteiger partial charge >= 0.3 is 0 Å². The van der Waals surface area contributed by atoms with Gasteiger partial charge in [-0.3, -0.25) is 0 Å². The molecule has 0 aliphatic carbocycles. The summed E-state index contributed by atoms with van der Waals surface area (Å²) in [5, 5.41) is 0.301. The monoisotopic (exact) mass is 268 g/mol. The standard InChI is InChI=1S/C14H11Cl2F/c1-9-6-11(8-13(17)7-9)14(16)10-2-4-12(15)5-3-10/h2-8,14H,1H3. The number of halogens is 3. The van der Waals surface area contributed by atoms with Crippen molar-refractivity contribution in [1.29, 1.82) is 0 Å². The third kappa shape index (κ3) is 2.99. The molecule has 0 heterocycles. The predicted octanol–water partition coefficient (Wildman–Crippen LogP) is 5.12. The number of hydrogen-bond donors (Lipinski definition) is 0. The summed E-state index contributed by atoms with van der Waals surface area (Å²) in [4.78, 5) is 0. The average Bonchev–Trinajstić information content (AvgIpc) is 2.28. The Balaban J connectivity index is 2.36. The van der Waals surface area contributed by atoms with Gasteiger partial charge in [-0.05, 0) is 47.9 Å². The van der Waals surface area contributed by atoms with Gasteiger partial charge in [0.15, 0.2) is 0 Å². The zero-order valence-corrected chi connectivity index (χ0v) is 10.8. The molecule has 0 N–H and O–H groups in total. The Labute approximate surface area is 110 Å². The van der Waals surface area contributed by atoms with E-state index in [1.807, 2.05) is 25.1 Å². The molecule has 0 spiro atoms. The zero-order valence-electron chi connectivity index (χ0n) is 9.25. The number of aryl methyl sites for hydroxylation is 1. The lowest BCUT2D eigenvalue weighted by Crippen LogP contribution is -1.95. The molecule has 0 bridgehead atoms. The van der Waals surface area contributed by atoms with Crippen molar-refractivity contribution in [1.82, 2.24) is 0 Å². The van der Waals surface area contributed by atoms with Crippen molar-refractivity contribution in [3.63, 3.8) is 0 Å². The molecule has 0 aliphatic rings. The van der Waals surface area contributed by atoms with Crippen LogP contribution < -0.4 is 0 Å². The molecular formula is C14H11Cl2F. The first kappa shape index (κ1) is 12.4. The molecule has 0 saturated heterocycles. The molecule has 1 unspecified atom stereocenters. The lowest BCUT2D eigenvalue weighted by atomic mass is 10.0. The minimum atomic E-state index is -0.360. The van der Waals surface area contributed by atoms with Gasteiger partial charge in [0.25, 0.3) is 0 Å². The minimum absolute atomic E-state index is 0.264. The summed E-state index contributed by atoms with van der Waals surface area (Å²) < 4.78 is 13.3. The van der Waals surface area contributed by atoms with Crippen LogP contribution in [0.15, 0.2) is 42.5 Å². The van der Waals surface area contributed by atoms with Crippen LogP contribution in [-0.2, 0) is 0 Å². The summed E-state index contributed by atoms with van der Waals surface area (Å²) in [6.45, 7) is 1.85. The molecule has 0 radical (unpaired) electrons. The SMILES string of the molecule is Cc1cc(F)cc(C(Cl)c2ccc(Cl)cc2)c1. The Hall–Kier alpha value is -1.05. The van der Waals surface area contributed by atoms with E-state index in [0.717, 1.165) is 16.7 Å². The highest BCUT2D eigenvalue weighted by molar-refractivity contribution is 6.30. The molecule has 0 aliphatic heterocycles. The fraction of sp³-hybridized carbons (Fsp3) is 0.143. The van der Waals surface area contributed by atoms with Crippen LogP contribution in [0, 0.1) is 12.7 Å². The van der Waals surface area contributed by atoms with E-state index >= 15 is 0 Å². The molecule has 0 saturated carbocycles. The van der Waals surface area contributed by atoms with Crippen molar-refractivity contribution in [2.75, 3.05) is 0 Å². The Morgan fingerprint density at radius 2 is 1.65 bits per heavy atom. The van der Waals surface area contributed by atoms with Gasteiger partial charge in [-0.1, -0.05) is 29.8 Å². The summed E-state index contributed by atoms with van der Waals surface area (Å²) in [6.07, 6.45) is 0. The molecule has 17 heavy (non-hydrogen) atoms. The van der Waals surface area contributed by atoms with E-state index in [2.05, 4.69) is 0 Å². The van der Waals surface area contributed by atoms with Gasteiger partial charge in [-0.2, -0.15) is 0 Å². The Bertz CT molecular complexity index is 500. The van der Waals surface area contributed by atoms with Crippen LogP contribution in [0.1, 0.15) is 22.1 Å². The number of alkyl halides is 1. The molecule has 3 heteroatoms. The Kier molecular flexibility index (Phi) is 3.70. The highest BCUT2D eigenvalue weighted by Gasteiger charge is 2.12. The maximum atomic E-state index is 13.3. The van der Waals surface area contributed by atoms with Gasteiger partial charge in [0.05, 0.1) is 5.38 Å². The number of hydrogen-bond acceptors (Lipinski definition) is 0. The second kappa shape index (κ2) is 5.07. The van der Waals surface area contributed by atoms with E-state index < -0.39 is 0 Å². The van der Waals surface area contributed by atoms with Gasteiger partial charge in [0.2, 0.25) is 0 Å². The zero-order chi connectivity index (χ0) is 12.4. The summed E-state index contributed by atoms with van der Waals surface area (Å²) >= 11 is 12.1. The molecule has 2 rings (SSSR count). The molecular weight excluding hydrogens is 258 g/mol. The van der Waals surface area contributed by atoms with E-state index in [9.17, 15) is 4.39 Å². The summed E-state index contributed by atoms with van der Waals surface area (Å²) in [5.74, 6) is -0.264. The maximum Gasteiger partial charge on any atom is 0.123 e. The summed E-state index contributed by atoms with van der Waals surface area (Å²) in [5.41, 5.74) is 2.52. The maximum absolute atomic E-state index is 13.3. The Morgan fingerprint density at radius 3 is 2.24 bits per heavy atom. The minimum Gasteiger partial charge on any atom is -0.207 e. The van der Waals surface area contributed by atoms with Crippen LogP contribution in [0.25, 0.3) is 0 Å². The van der Waals surface area contributed by atoms with Crippen LogP contribution in [0.2, 0.25) is 5.02 Å². The third-order valence-corrected chi connectivity index (χ3v) is 3.28. The van der Waals surface area contributed by atoms with Gasteiger partial charge < -0.3 is 0 Å². The largest absolute Gasteiger partial charge is 0.207 e. The van der Waals surface area contributed by atoms with Crippen molar-refractivity contribution in [2.24, 2.45) is 0 Å². The van der Waals surface area contributed by atoms with Crippen molar-refractivity contribution in [2.45, 2.75) is 12.3 Å². The number of rotatable bonds is 2. The summed E-state index contributed by atoms with van der Waals surface area (Å²) in [7, 11) is 0. The molecule has 0 nitrogen and oxygen atoms in total. The van der Waals surface area contributed by atoms with Crippen molar-refractivity contribution >= 4 is 23.2 Å². The topological polar surface area (TPSA) is 0 Å². The van der Waals surface area contributed by atoms with Crippen molar-refractivity contribution in [3.8, 4) is 0 Å². The van der Waals surface area contributed by atoms with Crippen LogP contribution in [0.3, 0.4) is 0 Å². The smallest absolute Gasteiger partial charge is 0.123 e. The van der Waals surface area contributed by atoms with Crippen LogP contribution in [0.5, 0.6) is 0 Å². The predicted molar refractivity (Wildman–Crippen MR) is 70.3 cm³/mol. The van der Waals surface area contributed by atoms with Gasteiger partial charge in [0.1, 0.15) is 5.82 Å². The normalized spacial score (nSPS) is 12.5. The van der Waals surface area contributed by atoms with Crippen LogP contribution >= 0.6 is 23.2 Å². The lowest BCUT2D eigenvalue weighted by Gasteiger charge is -2.11. The van der Waals surface area contributed by atoms with Gasteiger partial charge in [0, 0.05) is 5.02 Å². The van der Waals surface area contributed by atoms with Gasteiger partial charge in [-0.15, -0.1) is 11.6 Å². The Morgan fingerprint density at radius 1 is 1.00 bits per heavy atom.